The number of rotatable bonds is 8. The van der Waals surface area contributed by atoms with Crippen LogP contribution in [0.25, 0.3) is 0 Å². The molecule has 3 amide bonds. The van der Waals surface area contributed by atoms with Crippen molar-refractivity contribution >= 4 is 41.1 Å². The number of nitrogens with two attached hydrogens (primary N) is 1. The SMILES string of the molecule is CC(C)CC1(C)N=C(N)N(Cc2ccc(CNC(=O)NCc3ccc(Cl)c(Cl)c3)c(F)c2)C1=O. The van der Waals surface area contributed by atoms with E-state index in [0.717, 1.165) is 5.56 Å². The molecule has 1 unspecified atom stereocenters. The maximum atomic E-state index is 14.7. The number of amides is 3. The minimum Gasteiger partial charge on any atom is -0.369 e. The van der Waals surface area contributed by atoms with Crippen LogP contribution in [-0.2, 0) is 24.4 Å². The van der Waals surface area contributed by atoms with Crippen molar-refractivity contribution in [2.45, 2.75) is 52.4 Å². The number of urea groups is 1. The molecule has 1 heterocycles. The Bertz CT molecular complexity index is 1120. The van der Waals surface area contributed by atoms with Crippen molar-refractivity contribution in [3.05, 3.63) is 69.0 Å². The highest BCUT2D eigenvalue weighted by Gasteiger charge is 2.44. The normalized spacial score (nSPS) is 17.8. The van der Waals surface area contributed by atoms with Crippen LogP contribution >= 0.6 is 23.2 Å². The number of hydrogen-bond donors (Lipinski definition) is 3. The van der Waals surface area contributed by atoms with Gasteiger partial charge in [0.05, 0.1) is 16.6 Å². The molecule has 4 N–H and O–H groups in total. The van der Waals surface area contributed by atoms with Gasteiger partial charge in [-0.25, -0.2) is 14.2 Å². The van der Waals surface area contributed by atoms with Crippen LogP contribution in [0.15, 0.2) is 41.4 Å². The van der Waals surface area contributed by atoms with Crippen LogP contribution < -0.4 is 16.4 Å². The van der Waals surface area contributed by atoms with Crippen LogP contribution in [0.4, 0.5) is 9.18 Å². The van der Waals surface area contributed by atoms with Crippen LogP contribution in [0.3, 0.4) is 0 Å². The first-order chi connectivity index (χ1) is 16.0. The number of hydrogen-bond acceptors (Lipinski definition) is 4. The third-order valence-corrected chi connectivity index (χ3v) is 6.22. The maximum absolute atomic E-state index is 14.7. The summed E-state index contributed by atoms with van der Waals surface area (Å²) < 4.78 is 14.7. The topological polar surface area (TPSA) is 99.8 Å². The van der Waals surface area contributed by atoms with Crippen LogP contribution in [-0.4, -0.2) is 28.3 Å². The molecular formula is C24H28Cl2FN5O2. The molecule has 10 heteroatoms. The zero-order valence-electron chi connectivity index (χ0n) is 19.3. The Hall–Kier alpha value is -2.84. The monoisotopic (exact) mass is 507 g/mol. The molecule has 0 fully saturated rings. The van der Waals surface area contributed by atoms with Crippen LogP contribution in [0.5, 0.6) is 0 Å². The summed E-state index contributed by atoms with van der Waals surface area (Å²) in [6, 6.07) is 9.22. The summed E-state index contributed by atoms with van der Waals surface area (Å²) in [7, 11) is 0. The summed E-state index contributed by atoms with van der Waals surface area (Å²) in [5.41, 5.74) is 6.77. The van der Waals surface area contributed by atoms with Crippen LogP contribution in [0, 0.1) is 11.7 Å². The van der Waals surface area contributed by atoms with E-state index in [1.165, 1.54) is 11.0 Å². The summed E-state index contributed by atoms with van der Waals surface area (Å²) in [5.74, 6) is -0.272. The number of halogens is 3. The van der Waals surface area contributed by atoms with Gasteiger partial charge in [0.2, 0.25) is 0 Å². The molecule has 2 aromatic carbocycles. The first-order valence-electron chi connectivity index (χ1n) is 10.9. The molecule has 0 saturated heterocycles. The fourth-order valence-corrected chi connectivity index (χ4v) is 4.24. The van der Waals surface area contributed by atoms with Crippen molar-refractivity contribution in [3.8, 4) is 0 Å². The Morgan fingerprint density at radius 2 is 1.79 bits per heavy atom. The Balaban J connectivity index is 1.55. The lowest BCUT2D eigenvalue weighted by Crippen LogP contribution is -2.43. The Labute approximate surface area is 208 Å². The van der Waals surface area contributed by atoms with E-state index in [2.05, 4.69) is 15.6 Å². The molecule has 1 aliphatic rings. The van der Waals surface area contributed by atoms with Crippen molar-refractivity contribution in [3.63, 3.8) is 0 Å². The molecular weight excluding hydrogens is 480 g/mol. The zero-order valence-corrected chi connectivity index (χ0v) is 20.8. The standard InChI is InChI=1S/C24H28Cl2FN5O2/c1-14(2)10-24(3)21(33)32(22(28)31-24)13-16-4-6-17(20(27)9-16)12-30-23(34)29-11-15-5-7-18(25)19(26)8-15/h4-9,14H,10-13H2,1-3H3,(H2,28,31)(H2,29,30,34). The average molecular weight is 508 g/mol. The molecule has 2 aromatic rings. The molecule has 0 aliphatic carbocycles. The number of aliphatic imine (C=N–C) groups is 1. The van der Waals surface area contributed by atoms with E-state index < -0.39 is 17.4 Å². The molecule has 1 aliphatic heterocycles. The van der Waals surface area contributed by atoms with Gasteiger partial charge in [-0.05, 0) is 48.6 Å². The van der Waals surface area contributed by atoms with Gasteiger partial charge >= 0.3 is 6.03 Å². The third kappa shape index (κ3) is 6.18. The summed E-state index contributed by atoms with van der Waals surface area (Å²) in [6.07, 6.45) is 0.578. The van der Waals surface area contributed by atoms with Crippen LogP contribution in [0.2, 0.25) is 10.0 Å². The number of carbonyl (C=O) groups excluding carboxylic acids is 2. The van der Waals surface area contributed by atoms with Gasteiger partial charge in [-0.1, -0.05) is 55.2 Å². The first kappa shape index (κ1) is 25.8. The number of nitrogens with one attached hydrogen (secondary N) is 2. The minimum atomic E-state index is -0.897. The smallest absolute Gasteiger partial charge is 0.315 e. The Morgan fingerprint density at radius 3 is 2.44 bits per heavy atom. The van der Waals surface area contributed by atoms with Gasteiger partial charge in [0.25, 0.3) is 5.91 Å². The molecule has 182 valence electrons. The molecule has 3 rings (SSSR count). The van der Waals surface area contributed by atoms with Crippen molar-refractivity contribution in [1.29, 1.82) is 0 Å². The van der Waals surface area contributed by atoms with Crippen molar-refractivity contribution in [2.24, 2.45) is 16.6 Å². The molecule has 0 spiro atoms. The molecule has 34 heavy (non-hydrogen) atoms. The van der Waals surface area contributed by atoms with Crippen molar-refractivity contribution in [1.82, 2.24) is 15.5 Å². The first-order valence-corrected chi connectivity index (χ1v) is 11.6. The number of guanidine groups is 1. The second-order valence-electron chi connectivity index (χ2n) is 8.94. The zero-order chi connectivity index (χ0) is 25.0. The highest BCUT2D eigenvalue weighted by Crippen LogP contribution is 2.29. The highest BCUT2D eigenvalue weighted by molar-refractivity contribution is 6.42. The van der Waals surface area contributed by atoms with E-state index in [4.69, 9.17) is 28.9 Å². The second-order valence-corrected chi connectivity index (χ2v) is 9.76. The lowest BCUT2D eigenvalue weighted by atomic mass is 9.91. The van der Waals surface area contributed by atoms with Gasteiger partial charge in [-0.15, -0.1) is 0 Å². The molecule has 1 atom stereocenters. The van der Waals surface area contributed by atoms with E-state index in [0.29, 0.717) is 27.6 Å². The van der Waals surface area contributed by atoms with Gasteiger partial charge in [0, 0.05) is 18.7 Å². The molecule has 0 aromatic heterocycles. The quantitative estimate of drug-likeness (QED) is 0.486. The van der Waals surface area contributed by atoms with Gasteiger partial charge in [-0.2, -0.15) is 0 Å². The van der Waals surface area contributed by atoms with Gasteiger partial charge in [0.1, 0.15) is 11.4 Å². The van der Waals surface area contributed by atoms with Gasteiger partial charge in [0.15, 0.2) is 5.96 Å². The fraction of sp³-hybridized carbons (Fsp3) is 0.375. The number of benzene rings is 2. The molecule has 0 bridgehead atoms. The van der Waals surface area contributed by atoms with Crippen LogP contribution in [0.1, 0.15) is 43.9 Å². The van der Waals surface area contributed by atoms with E-state index in [1.807, 2.05) is 13.8 Å². The Kier molecular flexibility index (Phi) is 8.05. The minimum absolute atomic E-state index is 0.00196. The predicted octanol–water partition coefficient (Wildman–Crippen LogP) is 4.59. The largest absolute Gasteiger partial charge is 0.369 e. The number of carbonyl (C=O) groups is 2. The van der Waals surface area contributed by atoms with Crippen molar-refractivity contribution in [2.75, 3.05) is 0 Å². The molecule has 7 nitrogen and oxygen atoms in total. The third-order valence-electron chi connectivity index (χ3n) is 5.48. The highest BCUT2D eigenvalue weighted by atomic mass is 35.5. The van der Waals surface area contributed by atoms with E-state index in [-0.39, 0.29) is 37.4 Å². The summed E-state index contributed by atoms with van der Waals surface area (Å²) in [6.45, 7) is 6.16. The van der Waals surface area contributed by atoms with E-state index in [1.54, 1.807) is 37.3 Å². The number of nitrogens with zero attached hydrogens (tertiary/aromatic N) is 2. The lowest BCUT2D eigenvalue weighted by Gasteiger charge is -2.23. The second kappa shape index (κ2) is 10.6. The fourth-order valence-electron chi connectivity index (χ4n) is 3.92. The summed E-state index contributed by atoms with van der Waals surface area (Å²) >= 11 is 11.8. The van der Waals surface area contributed by atoms with Crippen molar-refractivity contribution < 1.29 is 14.0 Å². The van der Waals surface area contributed by atoms with Gasteiger partial charge < -0.3 is 16.4 Å². The lowest BCUT2D eigenvalue weighted by molar-refractivity contribution is -0.131. The van der Waals surface area contributed by atoms with Gasteiger partial charge in [-0.3, -0.25) is 9.69 Å². The summed E-state index contributed by atoms with van der Waals surface area (Å²) in [4.78, 5) is 30.7. The molecule has 0 radical (unpaired) electrons. The van der Waals surface area contributed by atoms with E-state index >= 15 is 0 Å². The Morgan fingerprint density at radius 1 is 1.12 bits per heavy atom. The summed E-state index contributed by atoms with van der Waals surface area (Å²) in [5, 5.41) is 6.13. The predicted molar refractivity (Wildman–Crippen MR) is 132 cm³/mol. The average Bonchev–Trinajstić information content (AvgIpc) is 2.96. The van der Waals surface area contributed by atoms with E-state index in [9.17, 15) is 14.0 Å². The maximum Gasteiger partial charge on any atom is 0.315 e. The molecule has 0 saturated carbocycles.